The van der Waals surface area contributed by atoms with Crippen LogP contribution in [0.15, 0.2) is 48.8 Å². The Morgan fingerprint density at radius 1 is 1.29 bits per heavy atom. The summed E-state index contributed by atoms with van der Waals surface area (Å²) in [7, 11) is 0. The predicted molar refractivity (Wildman–Crippen MR) is 78.6 cm³/mol. The summed E-state index contributed by atoms with van der Waals surface area (Å²) in [6.07, 6.45) is 4.31. The van der Waals surface area contributed by atoms with Gasteiger partial charge in [-0.2, -0.15) is 0 Å². The minimum atomic E-state index is -0.467. The first-order valence-electron chi connectivity index (χ1n) is 6.94. The standard InChI is InChI=1S/C16H16FN3O/c17-15-6-2-1-5-14(15)16(21)20-9-7-13(11-20)19-12-4-3-8-18-10-12/h1-6,8,10,13,19H,7,9,11H2. The molecule has 0 radical (unpaired) electrons. The first-order valence-corrected chi connectivity index (χ1v) is 6.94. The van der Waals surface area contributed by atoms with Crippen LogP contribution in [-0.4, -0.2) is 34.9 Å². The van der Waals surface area contributed by atoms with Crippen molar-refractivity contribution in [2.45, 2.75) is 12.5 Å². The highest BCUT2D eigenvalue weighted by atomic mass is 19.1. The molecule has 1 N–H and O–H groups in total. The van der Waals surface area contributed by atoms with Gasteiger partial charge in [-0.25, -0.2) is 4.39 Å². The molecular weight excluding hydrogens is 269 g/mol. The van der Waals surface area contributed by atoms with Crippen molar-refractivity contribution in [1.82, 2.24) is 9.88 Å². The highest BCUT2D eigenvalue weighted by molar-refractivity contribution is 5.94. The molecule has 108 valence electrons. The van der Waals surface area contributed by atoms with Crippen LogP contribution < -0.4 is 5.32 Å². The molecule has 1 unspecified atom stereocenters. The van der Waals surface area contributed by atoms with Crippen molar-refractivity contribution in [3.05, 3.63) is 60.2 Å². The van der Waals surface area contributed by atoms with E-state index in [9.17, 15) is 9.18 Å². The van der Waals surface area contributed by atoms with Gasteiger partial charge in [0.25, 0.3) is 5.91 Å². The third kappa shape index (κ3) is 3.02. The van der Waals surface area contributed by atoms with Crippen LogP contribution in [0.3, 0.4) is 0 Å². The van der Waals surface area contributed by atoms with Crippen LogP contribution in [0.25, 0.3) is 0 Å². The van der Waals surface area contributed by atoms with Crippen molar-refractivity contribution < 1.29 is 9.18 Å². The fourth-order valence-corrected chi connectivity index (χ4v) is 2.55. The first-order chi connectivity index (χ1) is 10.2. The van der Waals surface area contributed by atoms with E-state index in [1.54, 1.807) is 29.4 Å². The molecule has 1 aromatic heterocycles. The summed E-state index contributed by atoms with van der Waals surface area (Å²) in [6.45, 7) is 1.20. The van der Waals surface area contributed by atoms with Gasteiger partial charge in [-0.05, 0) is 30.7 Å². The number of nitrogens with zero attached hydrogens (tertiary/aromatic N) is 2. The predicted octanol–water partition coefficient (Wildman–Crippen LogP) is 2.55. The van der Waals surface area contributed by atoms with Gasteiger partial charge in [0, 0.05) is 31.5 Å². The number of rotatable bonds is 3. The van der Waals surface area contributed by atoms with Crippen molar-refractivity contribution in [3.63, 3.8) is 0 Å². The lowest BCUT2D eigenvalue weighted by Gasteiger charge is -2.18. The third-order valence-electron chi connectivity index (χ3n) is 3.61. The molecule has 2 aromatic rings. The van der Waals surface area contributed by atoms with Gasteiger partial charge in [-0.15, -0.1) is 0 Å². The third-order valence-corrected chi connectivity index (χ3v) is 3.61. The maximum Gasteiger partial charge on any atom is 0.256 e. The van der Waals surface area contributed by atoms with Crippen molar-refractivity contribution in [3.8, 4) is 0 Å². The van der Waals surface area contributed by atoms with Gasteiger partial charge < -0.3 is 10.2 Å². The quantitative estimate of drug-likeness (QED) is 0.942. The van der Waals surface area contributed by atoms with Crippen molar-refractivity contribution in [2.75, 3.05) is 18.4 Å². The molecule has 21 heavy (non-hydrogen) atoms. The van der Waals surface area contributed by atoms with Gasteiger partial charge in [0.05, 0.1) is 11.3 Å². The number of hydrogen-bond acceptors (Lipinski definition) is 3. The summed E-state index contributed by atoms with van der Waals surface area (Å²) >= 11 is 0. The first kappa shape index (κ1) is 13.5. The molecule has 1 saturated heterocycles. The van der Waals surface area contributed by atoms with Crippen molar-refractivity contribution in [1.29, 1.82) is 0 Å². The number of likely N-dealkylation sites (tertiary alicyclic amines) is 1. The SMILES string of the molecule is O=C(c1ccccc1F)N1CCC(Nc2cccnc2)C1. The molecule has 1 amide bonds. The number of nitrogens with one attached hydrogen (secondary N) is 1. The lowest BCUT2D eigenvalue weighted by molar-refractivity contribution is 0.0787. The van der Waals surface area contributed by atoms with Crippen LogP contribution in [0.1, 0.15) is 16.8 Å². The number of halogens is 1. The average molecular weight is 285 g/mol. The van der Waals surface area contributed by atoms with Gasteiger partial charge in [0.15, 0.2) is 0 Å². The zero-order valence-corrected chi connectivity index (χ0v) is 11.5. The maximum absolute atomic E-state index is 13.7. The molecule has 1 fully saturated rings. The molecule has 1 aliphatic rings. The van der Waals surface area contributed by atoms with Crippen molar-refractivity contribution >= 4 is 11.6 Å². The van der Waals surface area contributed by atoms with Crippen LogP contribution in [-0.2, 0) is 0 Å². The molecule has 5 heteroatoms. The van der Waals surface area contributed by atoms with Crippen LogP contribution in [0, 0.1) is 5.82 Å². The van der Waals surface area contributed by atoms with Gasteiger partial charge in [-0.1, -0.05) is 12.1 Å². The van der Waals surface area contributed by atoms with E-state index >= 15 is 0 Å². The molecule has 1 aromatic carbocycles. The molecule has 0 bridgehead atoms. The van der Waals surface area contributed by atoms with E-state index in [1.165, 1.54) is 12.1 Å². The molecule has 0 saturated carbocycles. The molecular formula is C16H16FN3O. The highest BCUT2D eigenvalue weighted by Crippen LogP contribution is 2.18. The second-order valence-electron chi connectivity index (χ2n) is 5.10. The Kier molecular flexibility index (Phi) is 3.81. The average Bonchev–Trinajstić information content (AvgIpc) is 2.97. The van der Waals surface area contributed by atoms with Crippen LogP contribution >= 0.6 is 0 Å². The van der Waals surface area contributed by atoms with Gasteiger partial charge in [0.1, 0.15) is 5.82 Å². The van der Waals surface area contributed by atoms with E-state index in [2.05, 4.69) is 10.3 Å². The van der Waals surface area contributed by atoms with Gasteiger partial charge in [-0.3, -0.25) is 9.78 Å². The largest absolute Gasteiger partial charge is 0.379 e. The maximum atomic E-state index is 13.7. The lowest BCUT2D eigenvalue weighted by atomic mass is 10.2. The zero-order valence-electron chi connectivity index (χ0n) is 11.5. The number of benzene rings is 1. The fraction of sp³-hybridized carbons (Fsp3) is 0.250. The molecule has 1 atom stereocenters. The molecule has 4 nitrogen and oxygen atoms in total. The van der Waals surface area contributed by atoms with Crippen molar-refractivity contribution in [2.24, 2.45) is 0 Å². The lowest BCUT2D eigenvalue weighted by Crippen LogP contribution is -2.32. The monoisotopic (exact) mass is 285 g/mol. The minimum Gasteiger partial charge on any atom is -0.379 e. The summed E-state index contributed by atoms with van der Waals surface area (Å²) in [5.41, 5.74) is 1.07. The Hall–Kier alpha value is -2.43. The Balaban J connectivity index is 1.65. The molecule has 2 heterocycles. The van der Waals surface area contributed by atoms with E-state index in [-0.39, 0.29) is 17.5 Å². The molecule has 0 spiro atoms. The second kappa shape index (κ2) is 5.91. The van der Waals surface area contributed by atoms with E-state index in [0.717, 1.165) is 12.1 Å². The number of pyridine rings is 1. The Bertz CT molecular complexity index is 632. The fourth-order valence-electron chi connectivity index (χ4n) is 2.55. The summed E-state index contributed by atoms with van der Waals surface area (Å²) in [5, 5.41) is 3.34. The second-order valence-corrected chi connectivity index (χ2v) is 5.10. The van der Waals surface area contributed by atoms with Gasteiger partial charge in [0.2, 0.25) is 0 Å². The molecule has 3 rings (SSSR count). The number of hydrogen-bond donors (Lipinski definition) is 1. The van der Waals surface area contributed by atoms with Crippen LogP contribution in [0.4, 0.5) is 10.1 Å². The van der Waals surface area contributed by atoms with E-state index in [1.807, 2.05) is 12.1 Å². The molecule has 0 aliphatic carbocycles. The number of amides is 1. The minimum absolute atomic E-state index is 0.138. The Morgan fingerprint density at radius 2 is 2.14 bits per heavy atom. The Morgan fingerprint density at radius 3 is 2.90 bits per heavy atom. The zero-order chi connectivity index (χ0) is 14.7. The smallest absolute Gasteiger partial charge is 0.256 e. The number of anilines is 1. The Labute approximate surface area is 122 Å². The van der Waals surface area contributed by atoms with E-state index in [4.69, 9.17) is 0 Å². The van der Waals surface area contributed by atoms with E-state index in [0.29, 0.717) is 13.1 Å². The normalized spacial score (nSPS) is 17.8. The summed E-state index contributed by atoms with van der Waals surface area (Å²) < 4.78 is 13.7. The molecule has 1 aliphatic heterocycles. The van der Waals surface area contributed by atoms with E-state index < -0.39 is 5.82 Å². The number of aromatic nitrogens is 1. The van der Waals surface area contributed by atoms with Crippen LogP contribution in [0.2, 0.25) is 0 Å². The summed E-state index contributed by atoms with van der Waals surface area (Å²) in [6, 6.07) is 10.1. The van der Waals surface area contributed by atoms with Crippen LogP contribution in [0.5, 0.6) is 0 Å². The van der Waals surface area contributed by atoms with Gasteiger partial charge >= 0.3 is 0 Å². The topological polar surface area (TPSA) is 45.2 Å². The summed E-state index contributed by atoms with van der Waals surface area (Å²) in [5.74, 6) is -0.713. The summed E-state index contributed by atoms with van der Waals surface area (Å²) in [4.78, 5) is 18.0. The number of carbonyl (C=O) groups is 1. The highest BCUT2D eigenvalue weighted by Gasteiger charge is 2.28. The number of carbonyl (C=O) groups excluding carboxylic acids is 1.